The molecular formula is C23H33N5O2S. The van der Waals surface area contributed by atoms with Crippen molar-refractivity contribution in [3.8, 4) is 0 Å². The fourth-order valence-electron chi connectivity index (χ4n) is 4.42. The molecule has 4 rings (SSSR count). The van der Waals surface area contributed by atoms with Crippen LogP contribution in [0.2, 0.25) is 0 Å². The predicted octanol–water partition coefficient (Wildman–Crippen LogP) is 3.48. The summed E-state index contributed by atoms with van der Waals surface area (Å²) in [5.74, 6) is 2.40. The van der Waals surface area contributed by atoms with Gasteiger partial charge in [-0.3, -0.25) is 0 Å². The van der Waals surface area contributed by atoms with Gasteiger partial charge in [0.25, 0.3) is 0 Å². The monoisotopic (exact) mass is 443 g/mol. The minimum atomic E-state index is 0.0610. The maximum absolute atomic E-state index is 8.99. The third-order valence-corrected chi connectivity index (χ3v) is 6.98. The maximum Gasteiger partial charge on any atom is 0.191 e. The van der Waals surface area contributed by atoms with E-state index in [1.165, 1.54) is 11.1 Å². The Kier molecular flexibility index (Phi) is 7.53. The Labute approximate surface area is 188 Å². The second-order valence-corrected chi connectivity index (χ2v) is 9.42. The van der Waals surface area contributed by atoms with Crippen LogP contribution in [0.25, 0.3) is 0 Å². The SMILES string of the molecule is CCCSc1nc(NC2Cc3ccccc3C2)c(N)c(NC2CCC(OCCO)C2)n1. The molecule has 7 nitrogen and oxygen atoms in total. The van der Waals surface area contributed by atoms with Gasteiger partial charge >= 0.3 is 0 Å². The first-order chi connectivity index (χ1) is 15.2. The minimum absolute atomic E-state index is 0.0610. The lowest BCUT2D eigenvalue weighted by molar-refractivity contribution is 0.0326. The maximum atomic E-state index is 8.99. The lowest BCUT2D eigenvalue weighted by Gasteiger charge is -2.20. The molecule has 8 heteroatoms. The van der Waals surface area contributed by atoms with Gasteiger partial charge in [-0.1, -0.05) is 43.0 Å². The Morgan fingerprint density at radius 3 is 2.42 bits per heavy atom. The first kappa shape index (κ1) is 22.2. The Balaban J connectivity index is 1.48. The zero-order valence-corrected chi connectivity index (χ0v) is 19.0. The van der Waals surface area contributed by atoms with Crippen molar-refractivity contribution in [3.63, 3.8) is 0 Å². The topological polar surface area (TPSA) is 105 Å². The van der Waals surface area contributed by atoms with Crippen LogP contribution in [-0.4, -0.2) is 52.2 Å². The van der Waals surface area contributed by atoms with Crippen LogP contribution in [0, 0.1) is 0 Å². The molecular weight excluding hydrogens is 410 g/mol. The van der Waals surface area contributed by atoms with Crippen molar-refractivity contribution in [1.82, 2.24) is 9.97 Å². The molecule has 1 saturated carbocycles. The van der Waals surface area contributed by atoms with Gasteiger partial charge in [0, 0.05) is 17.8 Å². The number of hydrogen-bond acceptors (Lipinski definition) is 8. The molecule has 2 atom stereocenters. The molecule has 0 bridgehead atoms. The van der Waals surface area contributed by atoms with E-state index in [4.69, 9.17) is 25.5 Å². The van der Waals surface area contributed by atoms with Gasteiger partial charge in [0.1, 0.15) is 5.69 Å². The van der Waals surface area contributed by atoms with Crippen LogP contribution in [0.5, 0.6) is 0 Å². The molecule has 1 aromatic heterocycles. The number of nitrogens with two attached hydrogens (primary N) is 1. The van der Waals surface area contributed by atoms with Gasteiger partial charge in [0.2, 0.25) is 0 Å². The van der Waals surface area contributed by atoms with Gasteiger partial charge in [-0.05, 0) is 49.7 Å². The molecule has 0 radical (unpaired) electrons. The van der Waals surface area contributed by atoms with E-state index in [9.17, 15) is 0 Å². The average molecular weight is 444 g/mol. The molecule has 5 N–H and O–H groups in total. The van der Waals surface area contributed by atoms with Crippen molar-refractivity contribution in [2.24, 2.45) is 0 Å². The quantitative estimate of drug-likeness (QED) is 0.327. The number of aromatic nitrogens is 2. The third-order valence-electron chi connectivity index (χ3n) is 5.92. The smallest absolute Gasteiger partial charge is 0.191 e. The molecule has 2 aliphatic carbocycles. The Hall–Kier alpha value is -2.03. The Morgan fingerprint density at radius 2 is 1.77 bits per heavy atom. The van der Waals surface area contributed by atoms with E-state index in [-0.39, 0.29) is 24.8 Å². The number of anilines is 3. The first-order valence-corrected chi connectivity index (χ1v) is 12.3. The lowest BCUT2D eigenvalue weighted by Crippen LogP contribution is -2.24. The van der Waals surface area contributed by atoms with Gasteiger partial charge in [0.05, 0.1) is 19.3 Å². The number of hydrogen-bond donors (Lipinski definition) is 4. The van der Waals surface area contributed by atoms with Crippen LogP contribution in [0.1, 0.15) is 43.7 Å². The summed E-state index contributed by atoms with van der Waals surface area (Å²) in [5, 5.41) is 16.9. The normalized spacial score (nSPS) is 20.7. The molecule has 2 aliphatic rings. The zero-order valence-electron chi connectivity index (χ0n) is 18.1. The number of thioether (sulfide) groups is 1. The van der Waals surface area contributed by atoms with Crippen LogP contribution in [0.4, 0.5) is 17.3 Å². The molecule has 1 aromatic carbocycles. The van der Waals surface area contributed by atoms with Crippen molar-refractivity contribution >= 4 is 29.1 Å². The summed E-state index contributed by atoms with van der Waals surface area (Å²) in [6.07, 6.45) is 6.06. The Bertz CT molecular complexity index is 856. The van der Waals surface area contributed by atoms with Crippen LogP contribution in [0.15, 0.2) is 29.4 Å². The summed E-state index contributed by atoms with van der Waals surface area (Å²) in [4.78, 5) is 9.48. The number of rotatable bonds is 10. The second-order valence-electron chi connectivity index (χ2n) is 8.35. The number of fused-ring (bicyclic) bond motifs is 1. The van der Waals surface area contributed by atoms with E-state index in [0.717, 1.165) is 55.3 Å². The lowest BCUT2D eigenvalue weighted by atomic mass is 10.1. The van der Waals surface area contributed by atoms with E-state index in [1.807, 2.05) is 0 Å². The van der Waals surface area contributed by atoms with Gasteiger partial charge in [-0.25, -0.2) is 9.97 Å². The molecule has 0 aliphatic heterocycles. The number of aliphatic hydroxyl groups excluding tert-OH is 1. The summed E-state index contributed by atoms with van der Waals surface area (Å²) in [7, 11) is 0. The highest BCUT2D eigenvalue weighted by Gasteiger charge is 2.27. The standard InChI is InChI=1S/C23H33N5O2S/c1-2-11-31-23-27-21(25-17-7-8-19(14-17)30-10-9-29)20(24)22(28-23)26-18-12-15-5-3-4-6-16(15)13-18/h3-6,17-19,29H,2,7-14,24H2,1H3,(H2,25,26,27,28). The van der Waals surface area contributed by atoms with E-state index >= 15 is 0 Å². The fraction of sp³-hybridized carbons (Fsp3) is 0.565. The Morgan fingerprint density at radius 1 is 1.10 bits per heavy atom. The second kappa shape index (κ2) is 10.5. The summed E-state index contributed by atoms with van der Waals surface area (Å²) in [6.45, 7) is 2.61. The number of nitrogens with zero attached hydrogens (tertiary/aromatic N) is 2. The molecule has 1 heterocycles. The van der Waals surface area contributed by atoms with Crippen LogP contribution >= 0.6 is 11.8 Å². The van der Waals surface area contributed by atoms with Crippen LogP contribution < -0.4 is 16.4 Å². The van der Waals surface area contributed by atoms with Crippen molar-refractivity contribution in [3.05, 3.63) is 35.4 Å². The molecule has 1 fully saturated rings. The van der Waals surface area contributed by atoms with Gasteiger partial charge in [-0.15, -0.1) is 0 Å². The largest absolute Gasteiger partial charge is 0.394 e. The summed E-state index contributed by atoms with van der Waals surface area (Å²) >= 11 is 1.66. The van der Waals surface area contributed by atoms with Crippen LogP contribution in [-0.2, 0) is 17.6 Å². The summed E-state index contributed by atoms with van der Waals surface area (Å²) in [6, 6.07) is 9.14. The molecule has 168 valence electrons. The number of benzene rings is 1. The summed E-state index contributed by atoms with van der Waals surface area (Å²) < 4.78 is 5.70. The molecule has 2 aromatic rings. The van der Waals surface area contributed by atoms with Crippen molar-refractivity contribution in [2.75, 3.05) is 35.3 Å². The molecule has 31 heavy (non-hydrogen) atoms. The minimum Gasteiger partial charge on any atom is -0.394 e. The predicted molar refractivity (Wildman–Crippen MR) is 127 cm³/mol. The number of aliphatic hydroxyl groups is 1. The van der Waals surface area contributed by atoms with Crippen molar-refractivity contribution in [2.45, 2.75) is 68.8 Å². The number of nitrogen functional groups attached to an aromatic ring is 1. The highest BCUT2D eigenvalue weighted by molar-refractivity contribution is 7.99. The van der Waals surface area contributed by atoms with Gasteiger partial charge in [-0.2, -0.15) is 0 Å². The van der Waals surface area contributed by atoms with Gasteiger partial charge < -0.3 is 26.2 Å². The summed E-state index contributed by atoms with van der Waals surface area (Å²) in [5.41, 5.74) is 9.90. The average Bonchev–Trinajstić information content (AvgIpc) is 3.39. The highest BCUT2D eigenvalue weighted by atomic mass is 32.2. The first-order valence-electron chi connectivity index (χ1n) is 11.3. The van der Waals surface area contributed by atoms with E-state index in [2.05, 4.69) is 41.8 Å². The molecule has 2 unspecified atom stereocenters. The molecule has 0 saturated heterocycles. The fourth-order valence-corrected chi connectivity index (χ4v) is 5.11. The molecule has 0 amide bonds. The van der Waals surface area contributed by atoms with Crippen molar-refractivity contribution < 1.29 is 9.84 Å². The van der Waals surface area contributed by atoms with Crippen molar-refractivity contribution in [1.29, 1.82) is 0 Å². The third kappa shape index (κ3) is 5.61. The van der Waals surface area contributed by atoms with E-state index in [1.54, 1.807) is 11.8 Å². The van der Waals surface area contributed by atoms with Gasteiger partial charge in [0.15, 0.2) is 16.8 Å². The van der Waals surface area contributed by atoms with E-state index < -0.39 is 0 Å². The highest BCUT2D eigenvalue weighted by Crippen LogP contribution is 2.33. The van der Waals surface area contributed by atoms with E-state index in [0.29, 0.717) is 18.1 Å². The zero-order chi connectivity index (χ0) is 21.6. The molecule has 0 spiro atoms. The van der Waals surface area contributed by atoms with Crippen LogP contribution in [0.3, 0.4) is 0 Å². The number of nitrogens with one attached hydrogen (secondary N) is 2. The number of ether oxygens (including phenoxy) is 1.